The SMILES string of the molecule is OCc1cc(F)c(N2CC3CCC(C2)O3)c(F)c1. The lowest BCUT2D eigenvalue weighted by molar-refractivity contribution is 0.0300. The highest BCUT2D eigenvalue weighted by Crippen LogP contribution is 2.32. The van der Waals surface area contributed by atoms with Crippen LogP contribution in [0.15, 0.2) is 12.1 Å². The number of nitrogens with zero attached hydrogens (tertiary/aromatic N) is 1. The molecule has 2 bridgehead atoms. The van der Waals surface area contributed by atoms with E-state index in [9.17, 15) is 8.78 Å². The summed E-state index contributed by atoms with van der Waals surface area (Å²) in [6.45, 7) is 0.702. The Morgan fingerprint density at radius 2 is 1.72 bits per heavy atom. The summed E-state index contributed by atoms with van der Waals surface area (Å²) in [5.74, 6) is -1.22. The van der Waals surface area contributed by atoms with Crippen LogP contribution in [0.2, 0.25) is 0 Å². The minimum atomic E-state index is -0.611. The van der Waals surface area contributed by atoms with Crippen molar-refractivity contribution in [1.29, 1.82) is 0 Å². The van der Waals surface area contributed by atoms with Gasteiger partial charge in [-0.25, -0.2) is 8.78 Å². The average Bonchev–Trinajstić information content (AvgIpc) is 2.67. The molecule has 0 saturated carbocycles. The van der Waals surface area contributed by atoms with Gasteiger partial charge in [-0.1, -0.05) is 0 Å². The van der Waals surface area contributed by atoms with Gasteiger partial charge < -0.3 is 14.7 Å². The van der Waals surface area contributed by atoms with E-state index in [0.717, 1.165) is 12.8 Å². The number of anilines is 1. The van der Waals surface area contributed by atoms with Crippen LogP contribution >= 0.6 is 0 Å². The molecule has 0 radical (unpaired) electrons. The van der Waals surface area contributed by atoms with E-state index in [1.54, 1.807) is 4.90 Å². The molecule has 5 heteroatoms. The number of hydrogen-bond donors (Lipinski definition) is 1. The lowest BCUT2D eigenvalue weighted by Gasteiger charge is -2.34. The summed E-state index contributed by atoms with van der Waals surface area (Å²) < 4.78 is 33.5. The summed E-state index contributed by atoms with van der Waals surface area (Å²) >= 11 is 0. The van der Waals surface area contributed by atoms with Crippen LogP contribution in [-0.4, -0.2) is 30.4 Å². The molecule has 1 aromatic carbocycles. The van der Waals surface area contributed by atoms with Gasteiger partial charge in [0.15, 0.2) is 0 Å². The third-order valence-electron chi connectivity index (χ3n) is 3.62. The second kappa shape index (κ2) is 4.48. The van der Waals surface area contributed by atoms with Crippen molar-refractivity contribution in [3.05, 3.63) is 29.3 Å². The Balaban J connectivity index is 1.92. The van der Waals surface area contributed by atoms with Crippen molar-refractivity contribution < 1.29 is 18.6 Å². The molecule has 18 heavy (non-hydrogen) atoms. The first-order valence-electron chi connectivity index (χ1n) is 6.16. The molecule has 0 aliphatic carbocycles. The Morgan fingerprint density at radius 3 is 2.22 bits per heavy atom. The summed E-state index contributed by atoms with van der Waals surface area (Å²) in [6, 6.07) is 2.38. The number of morpholine rings is 1. The van der Waals surface area contributed by atoms with Gasteiger partial charge in [0.1, 0.15) is 17.3 Å². The van der Waals surface area contributed by atoms with Crippen molar-refractivity contribution in [2.24, 2.45) is 0 Å². The fourth-order valence-corrected chi connectivity index (χ4v) is 2.81. The fraction of sp³-hybridized carbons (Fsp3) is 0.538. The van der Waals surface area contributed by atoms with Crippen LogP contribution in [0.1, 0.15) is 18.4 Å². The van der Waals surface area contributed by atoms with Crippen molar-refractivity contribution in [3.63, 3.8) is 0 Å². The summed E-state index contributed by atoms with van der Waals surface area (Å²) in [5, 5.41) is 8.91. The maximum absolute atomic E-state index is 13.9. The lowest BCUT2D eigenvalue weighted by Crippen LogP contribution is -2.43. The van der Waals surface area contributed by atoms with E-state index in [1.165, 1.54) is 12.1 Å². The van der Waals surface area contributed by atoms with Gasteiger partial charge in [0.05, 0.1) is 18.8 Å². The number of hydrogen-bond acceptors (Lipinski definition) is 3. The normalized spacial score (nSPS) is 26.7. The minimum absolute atomic E-state index is 0.00685. The molecule has 1 aromatic rings. The maximum atomic E-state index is 13.9. The number of halogens is 2. The predicted molar refractivity (Wildman–Crippen MR) is 62.4 cm³/mol. The van der Waals surface area contributed by atoms with Crippen LogP contribution in [-0.2, 0) is 11.3 Å². The van der Waals surface area contributed by atoms with Crippen LogP contribution in [0.25, 0.3) is 0 Å². The number of fused-ring (bicyclic) bond motifs is 2. The molecule has 3 rings (SSSR count). The zero-order chi connectivity index (χ0) is 12.7. The van der Waals surface area contributed by atoms with Gasteiger partial charge in [0.25, 0.3) is 0 Å². The Bertz CT molecular complexity index is 431. The van der Waals surface area contributed by atoms with E-state index >= 15 is 0 Å². The van der Waals surface area contributed by atoms with Crippen molar-refractivity contribution in [2.45, 2.75) is 31.7 Å². The molecule has 98 valence electrons. The largest absolute Gasteiger partial charge is 0.392 e. The molecule has 0 amide bonds. The topological polar surface area (TPSA) is 32.7 Å². The Morgan fingerprint density at radius 1 is 1.17 bits per heavy atom. The van der Waals surface area contributed by atoms with Gasteiger partial charge in [-0.05, 0) is 30.5 Å². The van der Waals surface area contributed by atoms with E-state index in [2.05, 4.69) is 0 Å². The molecule has 0 spiro atoms. The van der Waals surface area contributed by atoms with Gasteiger partial charge in [0.2, 0.25) is 0 Å². The highest BCUT2D eigenvalue weighted by atomic mass is 19.1. The monoisotopic (exact) mass is 255 g/mol. The third kappa shape index (κ3) is 1.97. The van der Waals surface area contributed by atoms with E-state index in [1.807, 2.05) is 0 Å². The molecular formula is C13H15F2NO2. The van der Waals surface area contributed by atoms with Crippen LogP contribution in [0.5, 0.6) is 0 Å². The molecule has 2 atom stereocenters. The first kappa shape index (κ1) is 11.9. The summed E-state index contributed by atoms with van der Waals surface area (Å²) in [4.78, 5) is 1.72. The van der Waals surface area contributed by atoms with Crippen molar-refractivity contribution >= 4 is 5.69 Å². The predicted octanol–water partition coefficient (Wildman–Crippen LogP) is 1.82. The molecular weight excluding hydrogens is 240 g/mol. The van der Waals surface area contributed by atoms with Crippen LogP contribution < -0.4 is 4.90 Å². The van der Waals surface area contributed by atoms with Crippen LogP contribution in [0.4, 0.5) is 14.5 Å². The molecule has 2 aliphatic heterocycles. The molecule has 3 nitrogen and oxygen atoms in total. The highest BCUT2D eigenvalue weighted by molar-refractivity contribution is 5.51. The smallest absolute Gasteiger partial charge is 0.149 e. The molecule has 2 aliphatic rings. The van der Waals surface area contributed by atoms with Gasteiger partial charge in [-0.3, -0.25) is 0 Å². The van der Waals surface area contributed by atoms with Crippen molar-refractivity contribution in [1.82, 2.24) is 0 Å². The van der Waals surface area contributed by atoms with Crippen LogP contribution in [0, 0.1) is 11.6 Å². The first-order valence-corrected chi connectivity index (χ1v) is 6.16. The molecule has 2 heterocycles. The average molecular weight is 255 g/mol. The second-order valence-electron chi connectivity index (χ2n) is 4.93. The standard InChI is InChI=1S/C13H15F2NO2/c14-11-3-8(7-17)4-12(15)13(11)16-5-9-1-2-10(6-16)18-9/h3-4,9-10,17H,1-2,5-7H2. The highest BCUT2D eigenvalue weighted by Gasteiger charge is 2.35. The van der Waals surface area contributed by atoms with Gasteiger partial charge in [0, 0.05) is 13.1 Å². The quantitative estimate of drug-likeness (QED) is 0.875. The number of aliphatic hydroxyl groups excluding tert-OH is 1. The second-order valence-corrected chi connectivity index (χ2v) is 4.93. The fourth-order valence-electron chi connectivity index (χ4n) is 2.81. The molecule has 1 N–H and O–H groups in total. The minimum Gasteiger partial charge on any atom is -0.392 e. The Labute approximate surface area is 104 Å². The number of ether oxygens (including phenoxy) is 1. The zero-order valence-corrected chi connectivity index (χ0v) is 9.90. The summed E-state index contributed by atoms with van der Waals surface area (Å²) in [6.07, 6.45) is 2.08. The van der Waals surface area contributed by atoms with Gasteiger partial charge in [-0.2, -0.15) is 0 Å². The Hall–Kier alpha value is -1.20. The summed E-state index contributed by atoms with van der Waals surface area (Å²) in [5.41, 5.74) is 0.261. The molecule has 2 unspecified atom stereocenters. The Kier molecular flexibility index (Phi) is 2.95. The number of rotatable bonds is 2. The van der Waals surface area contributed by atoms with Gasteiger partial charge >= 0.3 is 0 Å². The maximum Gasteiger partial charge on any atom is 0.149 e. The summed E-state index contributed by atoms with van der Waals surface area (Å²) in [7, 11) is 0. The van der Waals surface area contributed by atoms with E-state index in [4.69, 9.17) is 9.84 Å². The lowest BCUT2D eigenvalue weighted by atomic mass is 10.1. The van der Waals surface area contributed by atoms with Crippen molar-refractivity contribution in [3.8, 4) is 0 Å². The molecule has 2 saturated heterocycles. The van der Waals surface area contributed by atoms with Crippen molar-refractivity contribution in [2.75, 3.05) is 18.0 Å². The van der Waals surface area contributed by atoms with E-state index in [0.29, 0.717) is 13.1 Å². The molecule has 0 aromatic heterocycles. The molecule has 2 fully saturated rings. The zero-order valence-electron chi connectivity index (χ0n) is 9.90. The first-order chi connectivity index (χ1) is 8.67. The van der Waals surface area contributed by atoms with Gasteiger partial charge in [-0.15, -0.1) is 0 Å². The number of benzene rings is 1. The van der Waals surface area contributed by atoms with Crippen LogP contribution in [0.3, 0.4) is 0 Å². The number of aliphatic hydroxyl groups is 1. The van der Waals surface area contributed by atoms with E-state index < -0.39 is 11.6 Å². The third-order valence-corrected chi connectivity index (χ3v) is 3.62. The van der Waals surface area contributed by atoms with E-state index in [-0.39, 0.29) is 30.1 Å².